The third kappa shape index (κ3) is 10.2. The van der Waals surface area contributed by atoms with Gasteiger partial charge in [-0.25, -0.2) is 4.98 Å². The highest BCUT2D eigenvalue weighted by Crippen LogP contribution is 2.33. The summed E-state index contributed by atoms with van der Waals surface area (Å²) in [4.78, 5) is 73.1. The van der Waals surface area contributed by atoms with E-state index in [1.54, 1.807) is 40.2 Å². The number of hydrogen-bond donors (Lipinski definition) is 0. The van der Waals surface area contributed by atoms with Gasteiger partial charge in [0.1, 0.15) is 10.7 Å². The summed E-state index contributed by atoms with van der Waals surface area (Å²) >= 11 is 1.26. The van der Waals surface area contributed by atoms with Crippen molar-refractivity contribution in [3.63, 3.8) is 0 Å². The first-order valence-corrected chi connectivity index (χ1v) is 17.5. The van der Waals surface area contributed by atoms with Crippen LogP contribution >= 0.6 is 11.3 Å². The van der Waals surface area contributed by atoms with E-state index < -0.39 is 18.0 Å². The standard InChI is InChI=1S/C35H52N4O6S/c1-8-24(4)26(20-31(42)28-14-9-11-17-37(28)6)35(44)38(7)29(23(2)3)21-32(45-25(5)40)34-36-27(22-46-34)30(41)15-13-19-39-18-12-10-16-33(39)43/h10,12,16,18,22-24,26,28-29,32H,8-9,11,13-15,17,19-21H2,1-7H3/t24-,26-,28+,29+,32+/m0/s1. The normalized spacial score (nSPS) is 18.0. The maximum absolute atomic E-state index is 14.1. The summed E-state index contributed by atoms with van der Waals surface area (Å²) in [5, 5.41) is 2.17. The Balaban J connectivity index is 1.74. The van der Waals surface area contributed by atoms with Gasteiger partial charge in [-0.3, -0.25) is 28.9 Å². The molecule has 1 amide bonds. The maximum Gasteiger partial charge on any atom is 0.303 e. The van der Waals surface area contributed by atoms with E-state index in [0.717, 1.165) is 32.2 Å². The van der Waals surface area contributed by atoms with Crippen LogP contribution in [0.4, 0.5) is 0 Å². The monoisotopic (exact) mass is 656 g/mol. The molecule has 0 aliphatic carbocycles. The summed E-state index contributed by atoms with van der Waals surface area (Å²) in [6, 6.07) is 4.50. The number of pyridine rings is 1. The zero-order valence-electron chi connectivity index (χ0n) is 28.6. The van der Waals surface area contributed by atoms with Crippen molar-refractivity contribution in [3.05, 3.63) is 50.8 Å². The number of likely N-dealkylation sites (N-methyl/N-ethyl adjacent to an activating group) is 1. The number of amides is 1. The van der Waals surface area contributed by atoms with Gasteiger partial charge in [0.25, 0.3) is 0 Å². The highest BCUT2D eigenvalue weighted by Gasteiger charge is 2.37. The van der Waals surface area contributed by atoms with Crippen LogP contribution in [0.3, 0.4) is 0 Å². The van der Waals surface area contributed by atoms with Gasteiger partial charge >= 0.3 is 5.97 Å². The van der Waals surface area contributed by atoms with Crippen LogP contribution in [-0.2, 0) is 25.7 Å². The van der Waals surface area contributed by atoms with Crippen LogP contribution in [0.15, 0.2) is 34.6 Å². The van der Waals surface area contributed by atoms with E-state index in [4.69, 9.17) is 4.74 Å². The summed E-state index contributed by atoms with van der Waals surface area (Å²) in [6.07, 6.45) is 5.90. The lowest BCUT2D eigenvalue weighted by Crippen LogP contribution is -2.48. The fourth-order valence-electron chi connectivity index (χ4n) is 6.32. The molecule has 0 bridgehead atoms. The third-order valence-corrected chi connectivity index (χ3v) is 10.3. The van der Waals surface area contributed by atoms with Crippen LogP contribution in [0.1, 0.15) is 108 Å². The topological polar surface area (TPSA) is 119 Å². The number of carbonyl (C=O) groups is 4. The van der Waals surface area contributed by atoms with Gasteiger partial charge in [-0.1, -0.05) is 46.6 Å². The average Bonchev–Trinajstić information content (AvgIpc) is 3.52. The van der Waals surface area contributed by atoms with Crippen molar-refractivity contribution in [2.24, 2.45) is 17.8 Å². The smallest absolute Gasteiger partial charge is 0.303 e. The number of ketones is 2. The SMILES string of the molecule is CC[C@H](C)[C@H](CC(=O)[C@H]1CCCCN1C)C(=O)N(C)[C@H](C[C@@H](OC(C)=O)c1nc(C(=O)CCCn2ccccc2=O)cs1)C(C)C. The number of piperidine rings is 1. The zero-order valence-corrected chi connectivity index (χ0v) is 29.4. The molecule has 254 valence electrons. The molecule has 46 heavy (non-hydrogen) atoms. The number of esters is 1. The molecule has 5 atom stereocenters. The van der Waals surface area contributed by atoms with Crippen LogP contribution in [0, 0.1) is 17.8 Å². The molecule has 0 N–H and O–H groups in total. The Kier molecular flexibility index (Phi) is 14.3. The van der Waals surface area contributed by atoms with Gasteiger partial charge in [-0.15, -0.1) is 11.3 Å². The highest BCUT2D eigenvalue weighted by atomic mass is 32.1. The van der Waals surface area contributed by atoms with Gasteiger partial charge in [0.05, 0.1) is 6.04 Å². The molecular formula is C35H52N4O6S. The second-order valence-electron chi connectivity index (χ2n) is 13.1. The molecule has 3 heterocycles. The molecule has 0 radical (unpaired) electrons. The van der Waals surface area contributed by atoms with Crippen LogP contribution in [0.5, 0.6) is 0 Å². The fourth-order valence-corrected chi connectivity index (χ4v) is 7.18. The quantitative estimate of drug-likeness (QED) is 0.161. The lowest BCUT2D eigenvalue weighted by Gasteiger charge is -2.37. The summed E-state index contributed by atoms with van der Waals surface area (Å²) in [7, 11) is 3.77. The maximum atomic E-state index is 14.1. The number of aryl methyl sites for hydroxylation is 1. The molecular weight excluding hydrogens is 604 g/mol. The third-order valence-electron chi connectivity index (χ3n) is 9.37. The number of ether oxygens (including phenoxy) is 1. The molecule has 0 saturated carbocycles. The number of carbonyl (C=O) groups excluding carboxylic acids is 4. The first-order chi connectivity index (χ1) is 21.8. The highest BCUT2D eigenvalue weighted by molar-refractivity contribution is 7.09. The van der Waals surface area contributed by atoms with Gasteiger partial charge in [0.2, 0.25) is 11.5 Å². The predicted molar refractivity (Wildman–Crippen MR) is 180 cm³/mol. The van der Waals surface area contributed by atoms with Crippen LogP contribution in [-0.4, -0.2) is 75.5 Å². The lowest BCUT2D eigenvalue weighted by molar-refractivity contribution is -0.149. The second-order valence-corrected chi connectivity index (χ2v) is 14.0. The Bertz CT molecular complexity index is 1390. The van der Waals surface area contributed by atoms with Crippen molar-refractivity contribution >= 4 is 34.8 Å². The average molecular weight is 657 g/mol. The Morgan fingerprint density at radius 3 is 2.52 bits per heavy atom. The fraction of sp³-hybridized carbons (Fsp3) is 0.657. The Labute approximate surface area is 277 Å². The largest absolute Gasteiger partial charge is 0.455 e. The molecule has 1 saturated heterocycles. The summed E-state index contributed by atoms with van der Waals surface area (Å²) in [5.74, 6) is -0.965. The van der Waals surface area contributed by atoms with Gasteiger partial charge in [0.15, 0.2) is 17.7 Å². The van der Waals surface area contributed by atoms with Gasteiger partial charge in [-0.2, -0.15) is 0 Å². The molecule has 1 aliphatic heterocycles. The molecule has 0 spiro atoms. The first kappa shape index (κ1) is 37.3. The Morgan fingerprint density at radius 1 is 1.15 bits per heavy atom. The Morgan fingerprint density at radius 2 is 1.89 bits per heavy atom. The van der Waals surface area contributed by atoms with E-state index in [1.807, 2.05) is 34.7 Å². The number of rotatable bonds is 17. The first-order valence-electron chi connectivity index (χ1n) is 16.6. The minimum atomic E-state index is -0.742. The van der Waals surface area contributed by atoms with Crippen LogP contribution in [0.2, 0.25) is 0 Å². The summed E-state index contributed by atoms with van der Waals surface area (Å²) in [6.45, 7) is 10.8. The van der Waals surface area contributed by atoms with Gasteiger partial charge < -0.3 is 14.2 Å². The Hall–Kier alpha value is -3.18. The molecule has 2 aromatic rings. The van der Waals surface area contributed by atoms with Crippen molar-refractivity contribution in [2.75, 3.05) is 20.6 Å². The molecule has 1 aliphatic rings. The second kappa shape index (κ2) is 17.7. The number of Topliss-reactive ketones (excluding diaryl/α,β-unsaturated/α-hetero) is 2. The van der Waals surface area contributed by atoms with Crippen molar-refractivity contribution in [3.8, 4) is 0 Å². The van der Waals surface area contributed by atoms with Crippen molar-refractivity contribution in [1.82, 2.24) is 19.4 Å². The van der Waals surface area contributed by atoms with Gasteiger partial charge in [-0.05, 0) is 50.8 Å². The number of hydrogen-bond acceptors (Lipinski definition) is 9. The number of thiazole rings is 1. The molecule has 1 fully saturated rings. The van der Waals surface area contributed by atoms with E-state index in [1.165, 1.54) is 24.3 Å². The van der Waals surface area contributed by atoms with E-state index in [9.17, 15) is 24.0 Å². The molecule has 3 rings (SSSR count). The molecule has 10 nitrogen and oxygen atoms in total. The number of likely N-dealkylation sites (tertiary alicyclic amines) is 1. The molecule has 0 aromatic carbocycles. The van der Waals surface area contributed by atoms with E-state index in [0.29, 0.717) is 30.1 Å². The van der Waals surface area contributed by atoms with Crippen molar-refractivity contribution in [1.29, 1.82) is 0 Å². The lowest BCUT2D eigenvalue weighted by atomic mass is 9.83. The predicted octanol–water partition coefficient (Wildman–Crippen LogP) is 5.55. The minimum Gasteiger partial charge on any atom is -0.455 e. The summed E-state index contributed by atoms with van der Waals surface area (Å²) < 4.78 is 7.30. The van der Waals surface area contributed by atoms with Crippen LogP contribution in [0.25, 0.3) is 0 Å². The minimum absolute atomic E-state index is 0.0206. The number of aromatic nitrogens is 2. The van der Waals surface area contributed by atoms with Crippen LogP contribution < -0.4 is 5.56 Å². The van der Waals surface area contributed by atoms with Crippen molar-refractivity contribution in [2.45, 2.75) is 111 Å². The van der Waals surface area contributed by atoms with E-state index in [-0.39, 0.29) is 59.8 Å². The molecule has 11 heteroatoms. The van der Waals surface area contributed by atoms with E-state index >= 15 is 0 Å². The molecule has 0 unspecified atom stereocenters. The molecule has 2 aromatic heterocycles. The summed E-state index contributed by atoms with van der Waals surface area (Å²) in [5.41, 5.74) is 0.184. The van der Waals surface area contributed by atoms with Gasteiger partial charge in [0, 0.05) is 69.4 Å². The zero-order chi connectivity index (χ0) is 34.0. The number of nitrogens with zero attached hydrogens (tertiary/aromatic N) is 4. The van der Waals surface area contributed by atoms with E-state index in [2.05, 4.69) is 9.88 Å². The van der Waals surface area contributed by atoms with Crippen molar-refractivity contribution < 1.29 is 23.9 Å².